The van der Waals surface area contributed by atoms with Crippen LogP contribution in [0.25, 0.3) is 0 Å². The van der Waals surface area contributed by atoms with Crippen molar-refractivity contribution in [3.8, 4) is 0 Å². The molecule has 3 aliphatic heterocycles. The molecular weight excluding hydrogens is 476 g/mol. The Kier molecular flexibility index (Phi) is 11.9. The molecule has 0 aromatic rings. The molecular formula is C31H54N4O3. The molecule has 0 spiro atoms. The lowest BCUT2D eigenvalue weighted by atomic mass is 9.70. The number of rotatable bonds is 11. The topological polar surface area (TPSA) is 67.3 Å². The van der Waals surface area contributed by atoms with E-state index in [1.165, 1.54) is 19.3 Å². The fourth-order valence-electron chi connectivity index (χ4n) is 6.39. The van der Waals surface area contributed by atoms with Crippen LogP contribution in [0, 0.1) is 23.2 Å². The van der Waals surface area contributed by atoms with Crippen molar-refractivity contribution >= 4 is 11.8 Å². The number of hydrogen-bond donors (Lipinski definition) is 1. The molecule has 38 heavy (non-hydrogen) atoms. The van der Waals surface area contributed by atoms with Gasteiger partial charge in [-0.05, 0) is 82.2 Å². The number of likely N-dealkylation sites (tertiary alicyclic amines) is 3. The van der Waals surface area contributed by atoms with Crippen LogP contribution < -0.4 is 0 Å². The molecule has 0 bridgehead atoms. The average Bonchev–Trinajstić information content (AvgIpc) is 3.31. The van der Waals surface area contributed by atoms with Gasteiger partial charge < -0.3 is 19.8 Å². The molecule has 0 aromatic carbocycles. The van der Waals surface area contributed by atoms with Crippen LogP contribution in [-0.4, -0.2) is 109 Å². The summed E-state index contributed by atoms with van der Waals surface area (Å²) >= 11 is 0. The van der Waals surface area contributed by atoms with Gasteiger partial charge in [-0.1, -0.05) is 32.9 Å². The normalized spacial score (nSPS) is 26.7. The number of aliphatic hydroxyl groups excluding tert-OH is 1. The van der Waals surface area contributed by atoms with Crippen molar-refractivity contribution in [2.45, 2.75) is 71.8 Å². The minimum absolute atomic E-state index is 0.133. The molecule has 7 heteroatoms. The van der Waals surface area contributed by atoms with Gasteiger partial charge in [0.2, 0.25) is 11.8 Å². The Morgan fingerprint density at radius 3 is 2.26 bits per heavy atom. The number of piperidine rings is 2. The van der Waals surface area contributed by atoms with Crippen molar-refractivity contribution in [2.75, 3.05) is 66.5 Å². The maximum atomic E-state index is 12.8. The zero-order valence-corrected chi connectivity index (χ0v) is 24.8. The summed E-state index contributed by atoms with van der Waals surface area (Å²) in [7, 11) is 4.03. The SMILES string of the molecule is C[C@@H](CCC(C)(C)C1CCCN(C(=O)/C=C/CN(C)C)C1)C1CCCN(C(=O)/C=C/CN2CCC(O)C2)C1. The van der Waals surface area contributed by atoms with Gasteiger partial charge in [0.05, 0.1) is 6.10 Å². The second-order valence-electron chi connectivity index (χ2n) is 13.1. The molecule has 0 radical (unpaired) electrons. The predicted octanol–water partition coefficient (Wildman–Crippen LogP) is 3.65. The number of β-amino-alcohol motifs (C(OH)–C–C–N with tert-alkyl or cyclic N) is 1. The van der Waals surface area contributed by atoms with E-state index in [9.17, 15) is 14.7 Å². The van der Waals surface area contributed by atoms with Crippen molar-refractivity contribution in [1.82, 2.24) is 19.6 Å². The summed E-state index contributed by atoms with van der Waals surface area (Å²) in [4.78, 5) is 33.9. The minimum atomic E-state index is -0.219. The number of aliphatic hydroxyl groups is 1. The van der Waals surface area contributed by atoms with Crippen LogP contribution in [0.15, 0.2) is 24.3 Å². The molecule has 3 aliphatic rings. The molecule has 0 aromatic heterocycles. The first-order chi connectivity index (χ1) is 18.0. The second-order valence-corrected chi connectivity index (χ2v) is 13.1. The number of hydrogen-bond acceptors (Lipinski definition) is 5. The van der Waals surface area contributed by atoms with Crippen LogP contribution >= 0.6 is 0 Å². The van der Waals surface area contributed by atoms with E-state index >= 15 is 0 Å². The molecule has 2 amide bonds. The van der Waals surface area contributed by atoms with E-state index in [-0.39, 0.29) is 23.3 Å². The Bertz CT molecular complexity index is 824. The van der Waals surface area contributed by atoms with Gasteiger partial charge in [-0.25, -0.2) is 0 Å². The van der Waals surface area contributed by atoms with Gasteiger partial charge in [0.25, 0.3) is 0 Å². The van der Waals surface area contributed by atoms with Crippen molar-refractivity contribution in [3.63, 3.8) is 0 Å². The van der Waals surface area contributed by atoms with Gasteiger partial charge in [0.15, 0.2) is 0 Å². The summed E-state index contributed by atoms with van der Waals surface area (Å²) in [6.07, 6.45) is 14.9. The number of carbonyl (C=O) groups excluding carboxylic acids is 2. The third kappa shape index (κ3) is 9.49. The molecule has 3 fully saturated rings. The summed E-state index contributed by atoms with van der Waals surface area (Å²) in [6.45, 7) is 13.7. The van der Waals surface area contributed by atoms with Gasteiger partial charge in [0, 0.05) is 64.5 Å². The molecule has 4 atom stereocenters. The summed E-state index contributed by atoms with van der Waals surface area (Å²) < 4.78 is 0. The lowest BCUT2D eigenvalue weighted by Gasteiger charge is -2.42. The third-order valence-corrected chi connectivity index (χ3v) is 9.26. The Hall–Kier alpha value is -1.70. The molecule has 7 nitrogen and oxygen atoms in total. The maximum Gasteiger partial charge on any atom is 0.246 e. The van der Waals surface area contributed by atoms with E-state index < -0.39 is 0 Å². The van der Waals surface area contributed by atoms with Crippen LogP contribution in [0.4, 0.5) is 0 Å². The highest BCUT2D eigenvalue weighted by Crippen LogP contribution is 2.40. The van der Waals surface area contributed by atoms with E-state index in [0.717, 1.165) is 71.5 Å². The molecule has 3 saturated heterocycles. The Morgan fingerprint density at radius 1 is 0.947 bits per heavy atom. The van der Waals surface area contributed by atoms with Crippen molar-refractivity contribution in [1.29, 1.82) is 0 Å². The predicted molar refractivity (Wildman–Crippen MR) is 155 cm³/mol. The molecule has 216 valence electrons. The number of nitrogens with zero attached hydrogens (tertiary/aromatic N) is 4. The summed E-state index contributed by atoms with van der Waals surface area (Å²) in [5.74, 6) is 1.95. The molecule has 3 rings (SSSR count). The van der Waals surface area contributed by atoms with Gasteiger partial charge in [-0.3, -0.25) is 14.5 Å². The van der Waals surface area contributed by atoms with Crippen molar-refractivity contribution in [3.05, 3.63) is 24.3 Å². The van der Waals surface area contributed by atoms with Crippen LogP contribution in [0.3, 0.4) is 0 Å². The highest BCUT2D eigenvalue weighted by atomic mass is 16.3. The molecule has 3 heterocycles. The standard InChI is InChI=1S/C31H54N4O3/c1-25(26-10-6-19-34(22-26)29(37)13-9-18-33-21-15-28(36)24-33)14-16-31(2,3)27-11-7-20-35(23-27)30(38)12-8-17-32(4)5/h8-9,12-13,25-28,36H,6-7,10-11,14-24H2,1-5H3/b12-8+,13-9+/t25-,26?,27?,28?/m0/s1. The number of likely N-dealkylation sites (N-methyl/N-ethyl adjacent to an activating group) is 1. The fourth-order valence-corrected chi connectivity index (χ4v) is 6.39. The van der Waals surface area contributed by atoms with Crippen molar-refractivity contribution in [2.24, 2.45) is 23.2 Å². The lowest BCUT2D eigenvalue weighted by Crippen LogP contribution is -2.44. The van der Waals surface area contributed by atoms with Crippen LogP contribution in [-0.2, 0) is 9.59 Å². The number of carbonyl (C=O) groups is 2. The zero-order valence-electron chi connectivity index (χ0n) is 24.8. The first kappa shape index (κ1) is 30.8. The van der Waals surface area contributed by atoms with E-state index in [2.05, 4.69) is 35.5 Å². The molecule has 1 N–H and O–H groups in total. The molecule has 0 saturated carbocycles. The fraction of sp³-hybridized carbons (Fsp3) is 0.806. The highest BCUT2D eigenvalue weighted by Gasteiger charge is 2.35. The first-order valence-corrected chi connectivity index (χ1v) is 15.0. The van der Waals surface area contributed by atoms with Gasteiger partial charge >= 0.3 is 0 Å². The highest BCUT2D eigenvalue weighted by molar-refractivity contribution is 5.88. The van der Waals surface area contributed by atoms with E-state index in [1.807, 2.05) is 31.1 Å². The summed E-state index contributed by atoms with van der Waals surface area (Å²) in [6, 6.07) is 0. The van der Waals surface area contributed by atoms with E-state index in [0.29, 0.717) is 24.3 Å². The Morgan fingerprint density at radius 2 is 1.61 bits per heavy atom. The monoisotopic (exact) mass is 530 g/mol. The van der Waals surface area contributed by atoms with Crippen LogP contribution in [0.5, 0.6) is 0 Å². The van der Waals surface area contributed by atoms with Gasteiger partial charge in [-0.2, -0.15) is 0 Å². The molecule has 3 unspecified atom stereocenters. The summed E-state index contributed by atoms with van der Waals surface area (Å²) in [5.41, 5.74) is 0.191. The van der Waals surface area contributed by atoms with Crippen LogP contribution in [0.1, 0.15) is 65.7 Å². The minimum Gasteiger partial charge on any atom is -0.392 e. The van der Waals surface area contributed by atoms with Crippen molar-refractivity contribution < 1.29 is 14.7 Å². The molecule has 0 aliphatic carbocycles. The Labute approximate surface area is 231 Å². The zero-order chi connectivity index (χ0) is 27.7. The summed E-state index contributed by atoms with van der Waals surface area (Å²) in [5, 5.41) is 9.68. The van der Waals surface area contributed by atoms with Crippen LogP contribution in [0.2, 0.25) is 0 Å². The van der Waals surface area contributed by atoms with E-state index in [4.69, 9.17) is 0 Å². The maximum absolute atomic E-state index is 12.8. The third-order valence-electron chi connectivity index (χ3n) is 9.26. The first-order valence-electron chi connectivity index (χ1n) is 15.0. The van der Waals surface area contributed by atoms with Gasteiger partial charge in [0.1, 0.15) is 0 Å². The largest absolute Gasteiger partial charge is 0.392 e. The average molecular weight is 531 g/mol. The number of amides is 2. The Balaban J connectivity index is 1.44. The quantitative estimate of drug-likeness (QED) is 0.413. The second kappa shape index (κ2) is 14.6. The lowest BCUT2D eigenvalue weighted by molar-refractivity contribution is -0.129. The van der Waals surface area contributed by atoms with E-state index in [1.54, 1.807) is 12.2 Å². The van der Waals surface area contributed by atoms with Gasteiger partial charge in [-0.15, -0.1) is 0 Å². The smallest absolute Gasteiger partial charge is 0.246 e.